The van der Waals surface area contributed by atoms with Gasteiger partial charge in [-0.1, -0.05) is 13.0 Å². The topological polar surface area (TPSA) is 32.3 Å². The van der Waals surface area contributed by atoms with Crippen LogP contribution in [0.4, 0.5) is 10.1 Å². The Labute approximate surface area is 107 Å². The number of benzene rings is 1. The lowest BCUT2D eigenvalue weighted by Gasteiger charge is -2.23. The van der Waals surface area contributed by atoms with Gasteiger partial charge >= 0.3 is 0 Å². The molecule has 98 valence electrons. The number of amides is 1. The second-order valence-corrected chi connectivity index (χ2v) is 4.64. The Balaban J connectivity index is 2.29. The van der Waals surface area contributed by atoms with E-state index in [-0.39, 0.29) is 11.7 Å². The molecule has 0 heterocycles. The van der Waals surface area contributed by atoms with Crippen LogP contribution in [0.1, 0.15) is 36.5 Å². The highest BCUT2D eigenvalue weighted by atomic mass is 19.1. The van der Waals surface area contributed by atoms with Gasteiger partial charge in [-0.2, -0.15) is 0 Å². The van der Waals surface area contributed by atoms with Crippen LogP contribution < -0.4 is 5.32 Å². The van der Waals surface area contributed by atoms with E-state index in [4.69, 9.17) is 0 Å². The highest BCUT2D eigenvalue weighted by molar-refractivity contribution is 6.00. The number of para-hydroxylation sites is 1. The number of carbonyl (C=O) groups excluding carboxylic acids is 1. The second-order valence-electron chi connectivity index (χ2n) is 4.64. The number of rotatable bonds is 5. The quantitative estimate of drug-likeness (QED) is 0.871. The number of carbonyl (C=O) groups is 1. The summed E-state index contributed by atoms with van der Waals surface area (Å²) in [5, 5.41) is 2.78. The fourth-order valence-corrected chi connectivity index (χ4v) is 2.19. The highest BCUT2D eigenvalue weighted by Crippen LogP contribution is 2.30. The third-order valence-electron chi connectivity index (χ3n) is 3.21. The van der Waals surface area contributed by atoms with E-state index >= 15 is 0 Å². The van der Waals surface area contributed by atoms with Crippen molar-refractivity contribution in [1.29, 1.82) is 0 Å². The van der Waals surface area contributed by atoms with Crippen molar-refractivity contribution in [2.75, 3.05) is 18.9 Å². The van der Waals surface area contributed by atoms with Gasteiger partial charge in [-0.25, -0.2) is 4.39 Å². The van der Waals surface area contributed by atoms with E-state index in [2.05, 4.69) is 5.32 Å². The molecule has 0 atom stereocenters. The molecule has 1 saturated carbocycles. The van der Waals surface area contributed by atoms with E-state index in [9.17, 15) is 9.18 Å². The maximum absolute atomic E-state index is 13.6. The van der Waals surface area contributed by atoms with E-state index < -0.39 is 0 Å². The summed E-state index contributed by atoms with van der Waals surface area (Å²) in [5.41, 5.74) is 0.724. The van der Waals surface area contributed by atoms with Crippen molar-refractivity contribution in [1.82, 2.24) is 4.90 Å². The molecule has 1 amide bonds. The first-order valence-corrected chi connectivity index (χ1v) is 6.46. The van der Waals surface area contributed by atoms with Crippen LogP contribution in [0.15, 0.2) is 18.2 Å². The molecule has 0 spiro atoms. The molecule has 0 unspecified atom stereocenters. The average molecular weight is 250 g/mol. The standard InChI is InChI=1S/C14H19FN2O/c1-3-9-17(10-7-8-10)14(18)11-5-4-6-12(15)13(11)16-2/h4-6,10,16H,3,7-9H2,1-2H3. The zero-order valence-electron chi connectivity index (χ0n) is 10.9. The van der Waals surface area contributed by atoms with Crippen LogP contribution in [-0.2, 0) is 0 Å². The lowest BCUT2D eigenvalue weighted by molar-refractivity contribution is 0.0743. The Morgan fingerprint density at radius 2 is 2.22 bits per heavy atom. The number of anilines is 1. The van der Waals surface area contributed by atoms with Crippen molar-refractivity contribution >= 4 is 11.6 Å². The van der Waals surface area contributed by atoms with Crippen LogP contribution in [0.3, 0.4) is 0 Å². The Morgan fingerprint density at radius 1 is 1.50 bits per heavy atom. The molecule has 1 fully saturated rings. The third kappa shape index (κ3) is 2.47. The van der Waals surface area contributed by atoms with E-state index in [1.165, 1.54) is 6.07 Å². The molecule has 4 heteroatoms. The van der Waals surface area contributed by atoms with Crippen LogP contribution >= 0.6 is 0 Å². The summed E-state index contributed by atoms with van der Waals surface area (Å²) in [6.45, 7) is 2.79. The summed E-state index contributed by atoms with van der Waals surface area (Å²) < 4.78 is 13.6. The van der Waals surface area contributed by atoms with Crippen molar-refractivity contribution < 1.29 is 9.18 Å². The molecule has 0 bridgehead atoms. The number of nitrogens with zero attached hydrogens (tertiary/aromatic N) is 1. The average Bonchev–Trinajstić information content (AvgIpc) is 3.19. The Hall–Kier alpha value is -1.58. The van der Waals surface area contributed by atoms with Crippen molar-refractivity contribution in [2.24, 2.45) is 0 Å². The van der Waals surface area contributed by atoms with Crippen molar-refractivity contribution in [3.05, 3.63) is 29.6 Å². The molecule has 18 heavy (non-hydrogen) atoms. The zero-order valence-corrected chi connectivity index (χ0v) is 10.9. The Kier molecular flexibility index (Phi) is 3.84. The van der Waals surface area contributed by atoms with Gasteiger partial charge in [-0.15, -0.1) is 0 Å². The van der Waals surface area contributed by atoms with Crippen LogP contribution in [0.2, 0.25) is 0 Å². The first-order chi connectivity index (χ1) is 8.69. The van der Waals surface area contributed by atoms with Crippen molar-refractivity contribution in [3.63, 3.8) is 0 Å². The summed E-state index contributed by atoms with van der Waals surface area (Å²) in [6, 6.07) is 4.98. The van der Waals surface area contributed by atoms with E-state index in [1.807, 2.05) is 11.8 Å². The fraction of sp³-hybridized carbons (Fsp3) is 0.500. The molecule has 1 aliphatic carbocycles. The number of halogens is 1. The molecule has 0 radical (unpaired) electrons. The summed E-state index contributed by atoms with van der Waals surface area (Å²) in [7, 11) is 1.64. The van der Waals surface area contributed by atoms with E-state index in [0.29, 0.717) is 17.3 Å². The minimum absolute atomic E-state index is 0.0665. The van der Waals surface area contributed by atoms with Crippen LogP contribution in [0, 0.1) is 5.82 Å². The van der Waals surface area contributed by atoms with Gasteiger partial charge in [-0.3, -0.25) is 4.79 Å². The van der Waals surface area contributed by atoms with Crippen molar-refractivity contribution in [3.8, 4) is 0 Å². The highest BCUT2D eigenvalue weighted by Gasteiger charge is 2.33. The smallest absolute Gasteiger partial charge is 0.256 e. The summed E-state index contributed by atoms with van der Waals surface area (Å²) in [5.74, 6) is -0.446. The fourth-order valence-electron chi connectivity index (χ4n) is 2.19. The Bertz CT molecular complexity index is 443. The molecule has 0 aromatic heterocycles. The predicted molar refractivity (Wildman–Crippen MR) is 70.3 cm³/mol. The monoisotopic (exact) mass is 250 g/mol. The van der Waals surface area contributed by atoms with Gasteiger partial charge < -0.3 is 10.2 Å². The van der Waals surface area contributed by atoms with Gasteiger partial charge in [-0.05, 0) is 31.4 Å². The number of nitrogens with one attached hydrogen (secondary N) is 1. The van der Waals surface area contributed by atoms with Gasteiger partial charge in [0.2, 0.25) is 0 Å². The molecule has 1 N–H and O–H groups in total. The summed E-state index contributed by atoms with van der Waals surface area (Å²) in [6.07, 6.45) is 3.05. The van der Waals surface area contributed by atoms with E-state index in [1.54, 1.807) is 19.2 Å². The maximum atomic E-state index is 13.6. The summed E-state index contributed by atoms with van der Waals surface area (Å²) in [4.78, 5) is 14.3. The van der Waals surface area contributed by atoms with Crippen LogP contribution in [0.25, 0.3) is 0 Å². The van der Waals surface area contributed by atoms with Gasteiger partial charge in [0.1, 0.15) is 5.82 Å². The lowest BCUT2D eigenvalue weighted by atomic mass is 10.1. The molecular weight excluding hydrogens is 231 g/mol. The number of hydrogen-bond donors (Lipinski definition) is 1. The minimum Gasteiger partial charge on any atom is -0.385 e. The zero-order chi connectivity index (χ0) is 13.1. The maximum Gasteiger partial charge on any atom is 0.256 e. The first kappa shape index (κ1) is 12.9. The summed E-state index contributed by atoms with van der Waals surface area (Å²) >= 11 is 0. The molecule has 2 rings (SSSR count). The van der Waals surface area contributed by atoms with Crippen LogP contribution in [-0.4, -0.2) is 30.4 Å². The minimum atomic E-state index is -0.379. The third-order valence-corrected chi connectivity index (χ3v) is 3.21. The first-order valence-electron chi connectivity index (χ1n) is 6.46. The molecule has 3 nitrogen and oxygen atoms in total. The van der Waals surface area contributed by atoms with Gasteiger partial charge in [0.05, 0.1) is 11.3 Å². The van der Waals surface area contributed by atoms with Gasteiger partial charge in [0.25, 0.3) is 5.91 Å². The predicted octanol–water partition coefficient (Wildman–Crippen LogP) is 2.88. The molecule has 1 aromatic rings. The molecular formula is C14H19FN2O. The number of hydrogen-bond acceptors (Lipinski definition) is 2. The second kappa shape index (κ2) is 5.38. The van der Waals surface area contributed by atoms with Gasteiger partial charge in [0.15, 0.2) is 0 Å². The largest absolute Gasteiger partial charge is 0.385 e. The molecule has 0 aliphatic heterocycles. The lowest BCUT2D eigenvalue weighted by Crippen LogP contribution is -2.34. The Morgan fingerprint density at radius 3 is 2.78 bits per heavy atom. The normalized spacial score (nSPS) is 14.4. The van der Waals surface area contributed by atoms with Gasteiger partial charge in [0, 0.05) is 19.6 Å². The molecule has 1 aromatic carbocycles. The van der Waals surface area contributed by atoms with Crippen molar-refractivity contribution in [2.45, 2.75) is 32.2 Å². The molecule has 0 saturated heterocycles. The molecule has 1 aliphatic rings. The SMILES string of the molecule is CCCN(C(=O)c1cccc(F)c1NC)C1CC1. The van der Waals surface area contributed by atoms with E-state index in [0.717, 1.165) is 25.8 Å². The van der Waals surface area contributed by atoms with Crippen LogP contribution in [0.5, 0.6) is 0 Å².